The Balaban J connectivity index is 1.18. The molecule has 2 amide bonds. The number of thiophene rings is 3. The molecule has 0 spiro atoms. The van der Waals surface area contributed by atoms with Crippen LogP contribution in [0.2, 0.25) is 0 Å². The molecule has 0 radical (unpaired) electrons. The number of rotatable bonds is 35. The fourth-order valence-corrected chi connectivity index (χ4v) is 18.9. The topological polar surface area (TPSA) is 40.6 Å². The van der Waals surface area contributed by atoms with Crippen molar-refractivity contribution >= 4 is 101 Å². The fraction of sp³-hybridized carbons (Fsp3) is 0.663. The Morgan fingerprint density at radius 3 is 1.60 bits per heavy atom. The molecule has 0 fully saturated rings. The van der Waals surface area contributed by atoms with E-state index in [0.29, 0.717) is 30.5 Å². The molecule has 3 aliphatic heterocycles. The van der Waals surface area contributed by atoms with Crippen LogP contribution >= 0.6 is 46.6 Å². The summed E-state index contributed by atoms with van der Waals surface area (Å²) >= 11 is 11.0. The Hall–Kier alpha value is -3.43. The molecule has 91 heavy (non-hydrogen) atoms. The van der Waals surface area contributed by atoms with Gasteiger partial charge in [0.2, 0.25) is 0 Å². The first-order valence-electron chi connectivity index (χ1n) is 37.9. The van der Waals surface area contributed by atoms with Crippen LogP contribution in [0.15, 0.2) is 71.7 Å². The maximum absolute atomic E-state index is 16.0. The number of carbonyl (C=O) groups excluding carboxylic acids is 2. The Bertz CT molecular complexity index is 3210. The maximum atomic E-state index is 16.0. The monoisotopic (exact) mass is 1310 g/mol. The lowest BCUT2D eigenvalue weighted by atomic mass is 9.86. The number of amides is 2. The summed E-state index contributed by atoms with van der Waals surface area (Å²) < 4.78 is 2.73. The molecule has 0 saturated heterocycles. The lowest BCUT2D eigenvalue weighted by Crippen LogP contribution is -2.35. The molecule has 0 saturated carbocycles. The van der Waals surface area contributed by atoms with Crippen LogP contribution in [0.25, 0.3) is 41.1 Å². The first kappa shape index (κ1) is 73.4. The zero-order chi connectivity index (χ0) is 64.4. The van der Waals surface area contributed by atoms with Gasteiger partial charge in [0, 0.05) is 47.9 Å². The van der Waals surface area contributed by atoms with E-state index in [1.54, 1.807) is 11.3 Å². The van der Waals surface area contributed by atoms with Crippen molar-refractivity contribution in [2.75, 3.05) is 22.9 Å². The molecule has 0 N–H and O–H groups in total. The van der Waals surface area contributed by atoms with Crippen LogP contribution in [0, 0.1) is 17.3 Å². The third-order valence-corrected chi connectivity index (χ3v) is 25.2. The molecule has 3 aromatic heterocycles. The van der Waals surface area contributed by atoms with Crippen LogP contribution in [-0.4, -0.2) is 24.9 Å². The van der Waals surface area contributed by atoms with Crippen LogP contribution in [0.1, 0.15) is 328 Å². The Labute approximate surface area is 572 Å². The van der Waals surface area contributed by atoms with Gasteiger partial charge in [-0.3, -0.25) is 9.59 Å². The average Bonchev–Trinajstić information content (AvgIpc) is 1.63. The molecule has 2 unspecified atom stereocenters. The van der Waals surface area contributed by atoms with Crippen LogP contribution < -0.4 is 20.2 Å². The molecule has 8 heteroatoms. The van der Waals surface area contributed by atoms with Gasteiger partial charge in [-0.15, -0.1) is 46.6 Å². The predicted molar refractivity (Wildman–Crippen MR) is 409 cm³/mol. The molecule has 2 aromatic carbocycles. The number of anilines is 2. The quantitative estimate of drug-likeness (QED) is 0.0324. The van der Waals surface area contributed by atoms with E-state index in [1.807, 2.05) is 22.7 Å². The minimum atomic E-state index is 0.0386. The average molecular weight is 1310 g/mol. The molecule has 8 rings (SSSR count). The number of benzene rings is 2. The second-order valence-electron chi connectivity index (χ2n) is 30.2. The molecular weight excluding hydrogens is 1190 g/mol. The van der Waals surface area contributed by atoms with E-state index in [2.05, 4.69) is 132 Å². The zero-order valence-corrected chi connectivity index (χ0v) is 62.1. The standard InChI is InChI=1S/C83H124N2O2S4/c1-9-12-15-18-21-24-26-31-36-41-47-63(46-40-35-30-23-20-17-14-11-3)61-84-69-60-68-70-59-67(69)76(80(84)86)71(88)50-45-56-83(7,8)55-44-39-34-29-28-33-38-43-49-64(48-42-37-32-27-25-22-19-16-13-10-2)62-85(70)81(87)77(68)73-54-53-72(89-73)74-57-65-51-52-66-58-75(82(4,5)6)91-79(66)78(65)90-74/h45,50-54,56-60,63-64,88H,9-44,46-49,55,61-62H2,1-8H3/b56-45+,71-50-. The fourth-order valence-electron chi connectivity index (χ4n) is 14.9. The smallest absolute Gasteiger partial charge is 0.260 e. The van der Waals surface area contributed by atoms with E-state index in [4.69, 9.17) is 12.6 Å². The van der Waals surface area contributed by atoms with Gasteiger partial charge in [-0.2, -0.15) is 0 Å². The number of unbranched alkanes of at least 4 members (excludes halogenated alkanes) is 25. The van der Waals surface area contributed by atoms with Gasteiger partial charge in [-0.05, 0) is 108 Å². The van der Waals surface area contributed by atoms with Gasteiger partial charge in [0.05, 0.1) is 31.9 Å². The van der Waals surface area contributed by atoms with Gasteiger partial charge < -0.3 is 9.80 Å². The first-order chi connectivity index (χ1) is 44.2. The van der Waals surface area contributed by atoms with Crippen LogP contribution in [0.3, 0.4) is 0 Å². The molecule has 0 aliphatic carbocycles. The summed E-state index contributed by atoms with van der Waals surface area (Å²) in [4.78, 5) is 41.8. The summed E-state index contributed by atoms with van der Waals surface area (Å²) in [7, 11) is 0. The highest BCUT2D eigenvalue weighted by molar-refractivity contribution is 7.85. The van der Waals surface area contributed by atoms with Crippen molar-refractivity contribution in [3.05, 3.63) is 91.9 Å². The molecule has 2 atom stereocenters. The van der Waals surface area contributed by atoms with E-state index in [1.165, 1.54) is 266 Å². The van der Waals surface area contributed by atoms with E-state index < -0.39 is 0 Å². The summed E-state index contributed by atoms with van der Waals surface area (Å²) in [5.41, 5.74) is 3.57. The van der Waals surface area contributed by atoms with Crippen molar-refractivity contribution in [2.45, 2.75) is 324 Å². The van der Waals surface area contributed by atoms with E-state index in [0.717, 1.165) is 69.3 Å². The molecule has 5 aromatic rings. The number of fused-ring (bicyclic) bond motifs is 3. The van der Waals surface area contributed by atoms with Gasteiger partial charge in [0.25, 0.3) is 11.8 Å². The lowest BCUT2D eigenvalue weighted by molar-refractivity contribution is -0.114. The molecule has 2 bridgehead atoms. The van der Waals surface area contributed by atoms with E-state index in [-0.39, 0.29) is 22.6 Å². The highest BCUT2D eigenvalue weighted by Crippen LogP contribution is 2.46. The lowest BCUT2D eigenvalue weighted by Gasteiger charge is -2.27. The number of hydrogen-bond acceptors (Lipinski definition) is 6. The summed E-state index contributed by atoms with van der Waals surface area (Å²) in [6, 6.07) is 18.5. The summed E-state index contributed by atoms with van der Waals surface area (Å²) in [5.74, 6) is 0.995. The summed E-state index contributed by atoms with van der Waals surface area (Å²) in [6.07, 6.45) is 59.6. The van der Waals surface area contributed by atoms with E-state index >= 15 is 9.59 Å². The minimum absolute atomic E-state index is 0.0386. The summed E-state index contributed by atoms with van der Waals surface area (Å²) in [6.45, 7) is 20.0. The van der Waals surface area contributed by atoms with Gasteiger partial charge in [-0.1, -0.05) is 311 Å². The summed E-state index contributed by atoms with van der Waals surface area (Å²) in [5, 5.41) is 4.56. The van der Waals surface area contributed by atoms with Crippen molar-refractivity contribution in [1.29, 1.82) is 0 Å². The Kier molecular flexibility index (Phi) is 30.9. The third-order valence-electron chi connectivity index (χ3n) is 20.7. The zero-order valence-electron chi connectivity index (χ0n) is 58.8. The Morgan fingerprint density at radius 1 is 0.527 bits per heavy atom. The number of hydrogen-bond donors (Lipinski definition) is 1. The van der Waals surface area contributed by atoms with Crippen LogP contribution in [0.5, 0.6) is 0 Å². The van der Waals surface area contributed by atoms with Crippen LogP contribution in [0.4, 0.5) is 11.4 Å². The van der Waals surface area contributed by atoms with Gasteiger partial charge >= 0.3 is 0 Å². The second kappa shape index (κ2) is 38.3. The van der Waals surface area contributed by atoms with Crippen molar-refractivity contribution < 1.29 is 9.59 Å². The number of carbonyl (C=O) groups is 2. The van der Waals surface area contributed by atoms with Gasteiger partial charge in [0.15, 0.2) is 0 Å². The highest BCUT2D eigenvalue weighted by atomic mass is 32.1. The number of allylic oxidation sites excluding steroid dienone is 3. The van der Waals surface area contributed by atoms with Crippen molar-refractivity contribution in [3.8, 4) is 9.75 Å². The van der Waals surface area contributed by atoms with Crippen LogP contribution in [-0.2, 0) is 15.0 Å². The Morgan fingerprint density at radius 2 is 1.02 bits per heavy atom. The molecule has 502 valence electrons. The molecule has 3 aliphatic rings. The molecule has 4 nitrogen and oxygen atoms in total. The number of thiol groups is 1. The highest BCUT2D eigenvalue weighted by Gasteiger charge is 2.38. The SMILES string of the molecule is CCCCCCCCCCCCC(CCCCCCCCCC)CN1C(=O)C2=c3cc4c(cc31)=C(c1ccc(-c3cc5ccc6cc(C(C)(C)C)sc6c5s3)s1)C(=O)N4CC(CCCCCCCCCCCC)CCCCCCCCCCC(C)(C)/C=C/C=C/2S. The van der Waals surface area contributed by atoms with Crippen molar-refractivity contribution in [2.24, 2.45) is 17.3 Å². The van der Waals surface area contributed by atoms with Crippen molar-refractivity contribution in [1.82, 2.24) is 0 Å². The van der Waals surface area contributed by atoms with Crippen molar-refractivity contribution in [3.63, 3.8) is 0 Å². The van der Waals surface area contributed by atoms with Gasteiger partial charge in [0.1, 0.15) is 0 Å². The number of nitrogens with zero attached hydrogens (tertiary/aromatic N) is 2. The second-order valence-corrected chi connectivity index (χ2v) is 33.9. The molecular formula is C83H124N2O2S4. The third kappa shape index (κ3) is 22.0. The molecule has 6 heterocycles. The first-order valence-corrected chi connectivity index (χ1v) is 40.8. The van der Waals surface area contributed by atoms with E-state index in [9.17, 15) is 0 Å². The normalized spacial score (nSPS) is 18.4. The maximum Gasteiger partial charge on any atom is 0.260 e. The van der Waals surface area contributed by atoms with Gasteiger partial charge in [-0.25, -0.2) is 0 Å². The largest absolute Gasteiger partial charge is 0.307 e. The minimum Gasteiger partial charge on any atom is -0.307 e. The predicted octanol–water partition coefficient (Wildman–Crippen LogP) is 25.9.